The molecule has 2 nitrogen and oxygen atoms in total. The molecule has 0 saturated heterocycles. The third kappa shape index (κ3) is 3.46. The predicted molar refractivity (Wildman–Crippen MR) is 201 cm³/mol. The maximum atomic E-state index is 6.33. The van der Waals surface area contributed by atoms with Gasteiger partial charge in [-0.25, -0.2) is 0 Å². The van der Waals surface area contributed by atoms with Gasteiger partial charge in [-0.3, -0.25) is 0 Å². The molecule has 9 aromatic carbocycles. The smallest absolute Gasteiger partial charge is 0.136 e. The Kier molecular flexibility index (Phi) is 5.14. The molecule has 0 fully saturated rings. The van der Waals surface area contributed by atoms with Crippen LogP contribution in [0.4, 0.5) is 0 Å². The maximum Gasteiger partial charge on any atom is 0.136 e. The first-order valence-electron chi connectivity index (χ1n) is 16.4. The Morgan fingerprint density at radius 1 is 0.292 bits per heavy atom. The zero-order valence-corrected chi connectivity index (χ0v) is 25.8. The molecule has 0 radical (unpaired) electrons. The van der Waals surface area contributed by atoms with Crippen molar-refractivity contribution in [1.29, 1.82) is 0 Å². The second kappa shape index (κ2) is 9.57. The Bertz CT molecular complexity index is 2990. The van der Waals surface area contributed by atoms with Crippen molar-refractivity contribution in [2.75, 3.05) is 0 Å². The Balaban J connectivity index is 1.15. The summed E-state index contributed by atoms with van der Waals surface area (Å²) in [5, 5.41) is 12.1. The van der Waals surface area contributed by atoms with Gasteiger partial charge in [0.15, 0.2) is 0 Å². The minimum atomic E-state index is 0.910. The van der Waals surface area contributed by atoms with Crippen LogP contribution in [0.5, 0.6) is 0 Å². The van der Waals surface area contributed by atoms with Gasteiger partial charge in [-0.1, -0.05) is 127 Å². The van der Waals surface area contributed by atoms with Gasteiger partial charge in [0.2, 0.25) is 0 Å². The molecule has 2 heteroatoms. The molecular weight excluding hydrogens is 585 g/mol. The predicted octanol–water partition coefficient (Wildman–Crippen LogP) is 13.4. The molecule has 0 aliphatic carbocycles. The van der Waals surface area contributed by atoms with Crippen molar-refractivity contribution < 1.29 is 8.83 Å². The summed E-state index contributed by atoms with van der Waals surface area (Å²) in [6, 6.07) is 56.7. The van der Waals surface area contributed by atoms with Crippen molar-refractivity contribution >= 4 is 76.2 Å². The Labute approximate surface area is 275 Å². The SMILES string of the molecule is c1ccc2c(c1)oc1cccc(-c3c4ccccc4c(-c4ccc(-c5cc6cccc7oc8cccc5c8c67)cc4)c4ccccc34)c12. The van der Waals surface area contributed by atoms with Crippen LogP contribution in [0.3, 0.4) is 0 Å². The second-order valence-corrected chi connectivity index (χ2v) is 12.8. The average Bonchev–Trinajstić information content (AvgIpc) is 3.72. The third-order valence-corrected chi connectivity index (χ3v) is 10.2. The van der Waals surface area contributed by atoms with Crippen molar-refractivity contribution in [2.24, 2.45) is 0 Å². The summed E-state index contributed by atoms with van der Waals surface area (Å²) in [4.78, 5) is 0. The molecule has 0 N–H and O–H groups in total. The summed E-state index contributed by atoms with van der Waals surface area (Å²) in [5.41, 5.74) is 11.0. The van der Waals surface area contributed by atoms with E-state index in [2.05, 4.69) is 152 Å². The summed E-state index contributed by atoms with van der Waals surface area (Å²) >= 11 is 0. The molecular formula is C46H26O2. The van der Waals surface area contributed by atoms with Crippen LogP contribution in [-0.4, -0.2) is 0 Å². The van der Waals surface area contributed by atoms with E-state index in [1.165, 1.54) is 76.5 Å². The minimum Gasteiger partial charge on any atom is -0.456 e. The van der Waals surface area contributed by atoms with Crippen molar-refractivity contribution in [3.05, 3.63) is 158 Å². The monoisotopic (exact) mass is 610 g/mol. The number of para-hydroxylation sites is 1. The highest BCUT2D eigenvalue weighted by molar-refractivity contribution is 6.27. The van der Waals surface area contributed by atoms with E-state index < -0.39 is 0 Å². The Morgan fingerprint density at radius 2 is 0.792 bits per heavy atom. The van der Waals surface area contributed by atoms with Gasteiger partial charge in [0.25, 0.3) is 0 Å². The lowest BCUT2D eigenvalue weighted by atomic mass is 9.84. The van der Waals surface area contributed by atoms with Gasteiger partial charge in [-0.2, -0.15) is 0 Å². The second-order valence-electron chi connectivity index (χ2n) is 12.8. The molecule has 2 aromatic heterocycles. The first-order valence-corrected chi connectivity index (χ1v) is 16.4. The van der Waals surface area contributed by atoms with Crippen molar-refractivity contribution in [2.45, 2.75) is 0 Å². The van der Waals surface area contributed by atoms with Crippen LogP contribution in [-0.2, 0) is 0 Å². The molecule has 0 bridgehead atoms. The van der Waals surface area contributed by atoms with E-state index in [4.69, 9.17) is 8.83 Å². The molecule has 0 aliphatic heterocycles. The number of hydrogen-bond donors (Lipinski definition) is 0. The zero-order chi connectivity index (χ0) is 31.3. The van der Waals surface area contributed by atoms with Crippen LogP contribution in [0.2, 0.25) is 0 Å². The van der Waals surface area contributed by atoms with Crippen LogP contribution < -0.4 is 0 Å². The van der Waals surface area contributed by atoms with E-state index >= 15 is 0 Å². The van der Waals surface area contributed by atoms with Gasteiger partial charge in [0.1, 0.15) is 22.3 Å². The summed E-state index contributed by atoms with van der Waals surface area (Å²) in [5.74, 6) is 0. The summed E-state index contributed by atoms with van der Waals surface area (Å²) in [6.07, 6.45) is 0. The molecule has 48 heavy (non-hydrogen) atoms. The van der Waals surface area contributed by atoms with Gasteiger partial charge in [0, 0.05) is 21.5 Å². The van der Waals surface area contributed by atoms with E-state index in [1.807, 2.05) is 6.07 Å². The molecule has 0 unspecified atom stereocenters. The molecule has 2 heterocycles. The lowest BCUT2D eigenvalue weighted by Gasteiger charge is -2.18. The molecule has 0 saturated carbocycles. The van der Waals surface area contributed by atoms with E-state index in [-0.39, 0.29) is 0 Å². The fourth-order valence-corrected chi connectivity index (χ4v) is 8.24. The van der Waals surface area contributed by atoms with Gasteiger partial charge in [-0.15, -0.1) is 0 Å². The summed E-state index contributed by atoms with van der Waals surface area (Å²) < 4.78 is 12.6. The molecule has 0 aliphatic rings. The number of rotatable bonds is 3. The van der Waals surface area contributed by atoms with E-state index in [9.17, 15) is 0 Å². The summed E-state index contributed by atoms with van der Waals surface area (Å²) in [7, 11) is 0. The molecule has 0 amide bonds. The van der Waals surface area contributed by atoms with E-state index in [0.29, 0.717) is 0 Å². The van der Waals surface area contributed by atoms with Crippen LogP contribution >= 0.6 is 0 Å². The fraction of sp³-hybridized carbons (Fsp3) is 0. The van der Waals surface area contributed by atoms with Crippen LogP contribution in [0.25, 0.3) is 110 Å². The third-order valence-electron chi connectivity index (χ3n) is 10.2. The summed E-state index contributed by atoms with van der Waals surface area (Å²) in [6.45, 7) is 0. The standard InChI is InChI=1S/C46H26O2/c1-3-13-32-30(11-1)42(31-12-2-4-14-33(31)44(32)36-17-9-20-40-45(36)35-15-5-6-18-38(35)47-40)28-24-22-27(23-25-28)37-26-29-10-7-19-39-43(29)46-34(37)16-8-21-41(46)48-39/h1-26H. The first kappa shape index (κ1) is 25.8. The molecule has 11 rings (SSSR count). The number of benzene rings is 9. The normalized spacial score (nSPS) is 12.2. The highest BCUT2D eigenvalue weighted by Gasteiger charge is 2.21. The topological polar surface area (TPSA) is 26.3 Å². The first-order chi connectivity index (χ1) is 23.8. The lowest BCUT2D eigenvalue weighted by molar-refractivity contribution is 0.669. The number of fused-ring (bicyclic) bond motifs is 5. The quantitative estimate of drug-likeness (QED) is 0.147. The number of furan rings is 2. The van der Waals surface area contributed by atoms with Crippen molar-refractivity contribution in [1.82, 2.24) is 0 Å². The minimum absolute atomic E-state index is 0.910. The van der Waals surface area contributed by atoms with E-state index in [1.54, 1.807) is 0 Å². The highest BCUT2D eigenvalue weighted by Crippen LogP contribution is 2.47. The van der Waals surface area contributed by atoms with Gasteiger partial charge in [-0.05, 0) is 96.0 Å². The van der Waals surface area contributed by atoms with Gasteiger partial charge < -0.3 is 8.83 Å². The fourth-order valence-electron chi connectivity index (χ4n) is 8.24. The average molecular weight is 611 g/mol. The molecule has 0 atom stereocenters. The lowest BCUT2D eigenvalue weighted by Crippen LogP contribution is -1.91. The highest BCUT2D eigenvalue weighted by atomic mass is 16.3. The largest absolute Gasteiger partial charge is 0.456 e. The zero-order valence-electron chi connectivity index (χ0n) is 25.8. The molecule has 0 spiro atoms. The Morgan fingerprint density at radius 3 is 1.52 bits per heavy atom. The Hall–Kier alpha value is -6.38. The van der Waals surface area contributed by atoms with Crippen molar-refractivity contribution in [3.8, 4) is 33.4 Å². The van der Waals surface area contributed by atoms with Crippen LogP contribution in [0, 0.1) is 0 Å². The van der Waals surface area contributed by atoms with Crippen LogP contribution in [0.15, 0.2) is 167 Å². The van der Waals surface area contributed by atoms with Crippen LogP contribution in [0.1, 0.15) is 0 Å². The van der Waals surface area contributed by atoms with E-state index in [0.717, 1.165) is 33.1 Å². The maximum absolute atomic E-state index is 6.33. The van der Waals surface area contributed by atoms with Gasteiger partial charge >= 0.3 is 0 Å². The number of hydrogen-bond acceptors (Lipinski definition) is 2. The van der Waals surface area contributed by atoms with Gasteiger partial charge in [0.05, 0.1) is 0 Å². The van der Waals surface area contributed by atoms with Crippen molar-refractivity contribution in [3.63, 3.8) is 0 Å². The molecule has 11 aromatic rings. The molecule has 222 valence electrons.